The van der Waals surface area contributed by atoms with E-state index < -0.39 is 10.0 Å². The molecule has 0 unspecified atom stereocenters. The topological polar surface area (TPSA) is 58.2 Å². The van der Waals surface area contributed by atoms with Crippen LogP contribution in [0.5, 0.6) is 0 Å². The first-order valence-corrected chi connectivity index (χ1v) is 6.21. The zero-order chi connectivity index (χ0) is 10.2. The molecule has 0 saturated heterocycles. The van der Waals surface area contributed by atoms with E-state index >= 15 is 0 Å². The largest absolute Gasteiger partial charge is 0.316 e. The van der Waals surface area contributed by atoms with Crippen molar-refractivity contribution >= 4 is 10.0 Å². The molecular weight excluding hydrogens is 188 g/mol. The summed E-state index contributed by atoms with van der Waals surface area (Å²) in [6.07, 6.45) is 4.77. The molecule has 0 atom stereocenters. The molecule has 0 aromatic carbocycles. The summed E-state index contributed by atoms with van der Waals surface area (Å²) >= 11 is 0. The van der Waals surface area contributed by atoms with Crippen LogP contribution in [0.3, 0.4) is 0 Å². The number of hydrogen-bond acceptors (Lipinski definition) is 3. The van der Waals surface area contributed by atoms with Crippen LogP contribution in [0.1, 0.15) is 12.8 Å². The second-order valence-electron chi connectivity index (χ2n) is 2.85. The Kier molecular flexibility index (Phi) is 6.84. The Morgan fingerprint density at radius 2 is 2.00 bits per heavy atom. The van der Waals surface area contributed by atoms with Crippen molar-refractivity contribution in [3.63, 3.8) is 0 Å². The maximum absolute atomic E-state index is 10.6. The number of hydrogen-bond donors (Lipinski definition) is 2. The molecule has 0 heterocycles. The minimum absolute atomic E-state index is 0.500. The van der Waals surface area contributed by atoms with Gasteiger partial charge in [-0.05, 0) is 25.9 Å². The van der Waals surface area contributed by atoms with E-state index in [4.69, 9.17) is 0 Å². The Morgan fingerprint density at radius 3 is 2.54 bits per heavy atom. The summed E-state index contributed by atoms with van der Waals surface area (Å²) in [5.41, 5.74) is 0. The Hall–Kier alpha value is -0.390. The van der Waals surface area contributed by atoms with Crippen LogP contribution in [0.2, 0.25) is 0 Å². The van der Waals surface area contributed by atoms with Gasteiger partial charge in [0.15, 0.2) is 0 Å². The van der Waals surface area contributed by atoms with Crippen molar-refractivity contribution in [3.05, 3.63) is 12.7 Å². The Labute approximate surface area is 80.5 Å². The van der Waals surface area contributed by atoms with Crippen LogP contribution in [-0.2, 0) is 10.0 Å². The minimum Gasteiger partial charge on any atom is -0.316 e. The molecule has 0 saturated carbocycles. The van der Waals surface area contributed by atoms with E-state index in [1.54, 1.807) is 0 Å². The number of nitrogens with one attached hydrogen (secondary N) is 2. The van der Waals surface area contributed by atoms with Gasteiger partial charge in [0.2, 0.25) is 10.0 Å². The van der Waals surface area contributed by atoms with E-state index in [1.165, 1.54) is 0 Å². The van der Waals surface area contributed by atoms with Gasteiger partial charge in [0, 0.05) is 6.54 Å². The second-order valence-corrected chi connectivity index (χ2v) is 4.68. The summed E-state index contributed by atoms with van der Waals surface area (Å²) in [6.45, 7) is 5.83. The van der Waals surface area contributed by atoms with E-state index in [2.05, 4.69) is 16.6 Å². The van der Waals surface area contributed by atoms with Crippen LogP contribution < -0.4 is 10.0 Å². The molecule has 0 rings (SSSR count). The highest BCUT2D eigenvalue weighted by atomic mass is 32.2. The first-order valence-electron chi connectivity index (χ1n) is 4.32. The number of rotatable bonds is 8. The average Bonchev–Trinajstić information content (AvgIpc) is 2.01. The van der Waals surface area contributed by atoms with Gasteiger partial charge < -0.3 is 5.32 Å². The summed E-state index contributed by atoms with van der Waals surface area (Å²) in [5, 5.41) is 3.17. The third-order valence-corrected chi connectivity index (χ3v) is 2.15. The SMILES string of the molecule is C=CCCNCCCNS(C)(=O)=O. The van der Waals surface area contributed by atoms with Crippen LogP contribution in [0, 0.1) is 0 Å². The van der Waals surface area contributed by atoms with Gasteiger partial charge in [0.1, 0.15) is 0 Å². The fourth-order valence-electron chi connectivity index (χ4n) is 0.800. The van der Waals surface area contributed by atoms with Gasteiger partial charge in [-0.25, -0.2) is 13.1 Å². The maximum Gasteiger partial charge on any atom is 0.208 e. The quantitative estimate of drug-likeness (QED) is 0.437. The number of sulfonamides is 1. The van der Waals surface area contributed by atoms with Crippen LogP contribution in [0.15, 0.2) is 12.7 Å². The third kappa shape index (κ3) is 11.6. The van der Waals surface area contributed by atoms with Gasteiger partial charge in [-0.15, -0.1) is 6.58 Å². The lowest BCUT2D eigenvalue weighted by atomic mass is 10.4. The van der Waals surface area contributed by atoms with E-state index in [1.807, 2.05) is 6.08 Å². The Morgan fingerprint density at radius 1 is 1.31 bits per heavy atom. The summed E-state index contributed by atoms with van der Waals surface area (Å²) < 4.78 is 23.7. The van der Waals surface area contributed by atoms with Crippen molar-refractivity contribution in [1.82, 2.24) is 10.0 Å². The summed E-state index contributed by atoms with van der Waals surface area (Å²) in [7, 11) is -3.02. The normalized spacial score (nSPS) is 11.5. The molecule has 0 radical (unpaired) electrons. The molecule has 2 N–H and O–H groups in total. The maximum atomic E-state index is 10.6. The standard InChI is InChI=1S/C8H18N2O2S/c1-3-4-6-9-7-5-8-10-13(2,11)12/h3,9-10H,1,4-8H2,2H3. The van der Waals surface area contributed by atoms with Crippen LogP contribution in [0.25, 0.3) is 0 Å². The van der Waals surface area contributed by atoms with Crippen LogP contribution >= 0.6 is 0 Å². The third-order valence-electron chi connectivity index (χ3n) is 1.42. The van der Waals surface area contributed by atoms with E-state index in [0.717, 1.165) is 32.2 Å². The van der Waals surface area contributed by atoms with Crippen molar-refractivity contribution in [2.75, 3.05) is 25.9 Å². The molecular formula is C8H18N2O2S. The van der Waals surface area contributed by atoms with Gasteiger partial charge in [-0.1, -0.05) is 6.08 Å². The molecule has 0 aromatic rings. The lowest BCUT2D eigenvalue weighted by Gasteiger charge is -2.03. The molecule has 0 amide bonds. The minimum atomic E-state index is -3.02. The highest BCUT2D eigenvalue weighted by Crippen LogP contribution is 1.79. The van der Waals surface area contributed by atoms with Crippen molar-refractivity contribution in [2.45, 2.75) is 12.8 Å². The van der Waals surface area contributed by atoms with E-state index in [0.29, 0.717) is 6.54 Å². The predicted octanol–water partition coefficient (Wildman–Crippen LogP) is 0.0914. The fourth-order valence-corrected chi connectivity index (χ4v) is 1.32. The van der Waals surface area contributed by atoms with Crippen molar-refractivity contribution in [3.8, 4) is 0 Å². The van der Waals surface area contributed by atoms with Gasteiger partial charge >= 0.3 is 0 Å². The second kappa shape index (κ2) is 7.06. The molecule has 78 valence electrons. The lowest BCUT2D eigenvalue weighted by Crippen LogP contribution is -2.26. The van der Waals surface area contributed by atoms with E-state index in [9.17, 15) is 8.42 Å². The lowest BCUT2D eigenvalue weighted by molar-refractivity contribution is 0.580. The van der Waals surface area contributed by atoms with Crippen molar-refractivity contribution in [2.24, 2.45) is 0 Å². The smallest absolute Gasteiger partial charge is 0.208 e. The van der Waals surface area contributed by atoms with Crippen molar-refractivity contribution in [1.29, 1.82) is 0 Å². The van der Waals surface area contributed by atoms with E-state index in [-0.39, 0.29) is 0 Å². The highest BCUT2D eigenvalue weighted by molar-refractivity contribution is 7.88. The van der Waals surface area contributed by atoms with Crippen molar-refractivity contribution < 1.29 is 8.42 Å². The average molecular weight is 206 g/mol. The molecule has 0 aliphatic rings. The fraction of sp³-hybridized carbons (Fsp3) is 0.750. The summed E-state index contributed by atoms with van der Waals surface area (Å²) in [5.74, 6) is 0. The molecule has 0 aliphatic heterocycles. The zero-order valence-electron chi connectivity index (χ0n) is 8.04. The highest BCUT2D eigenvalue weighted by Gasteiger charge is 1.97. The summed E-state index contributed by atoms with van der Waals surface area (Å²) in [4.78, 5) is 0. The molecule has 0 bridgehead atoms. The molecule has 0 fully saturated rings. The van der Waals surface area contributed by atoms with Gasteiger partial charge in [0.05, 0.1) is 6.26 Å². The van der Waals surface area contributed by atoms with Crippen LogP contribution in [0.4, 0.5) is 0 Å². The van der Waals surface area contributed by atoms with Crippen LogP contribution in [-0.4, -0.2) is 34.3 Å². The molecule has 13 heavy (non-hydrogen) atoms. The first-order chi connectivity index (χ1) is 6.06. The first kappa shape index (κ1) is 12.6. The molecule has 0 aliphatic carbocycles. The Balaban J connectivity index is 3.13. The molecule has 4 nitrogen and oxygen atoms in total. The predicted molar refractivity (Wildman–Crippen MR) is 55.1 cm³/mol. The van der Waals surface area contributed by atoms with Gasteiger partial charge in [-0.2, -0.15) is 0 Å². The Bertz CT molecular complexity index is 224. The molecule has 0 aromatic heterocycles. The zero-order valence-corrected chi connectivity index (χ0v) is 8.86. The summed E-state index contributed by atoms with van der Waals surface area (Å²) in [6, 6.07) is 0. The van der Waals surface area contributed by atoms with Gasteiger partial charge in [0.25, 0.3) is 0 Å². The molecule has 5 heteroatoms. The monoisotopic (exact) mass is 206 g/mol. The van der Waals surface area contributed by atoms with Gasteiger partial charge in [-0.3, -0.25) is 0 Å². The molecule has 0 spiro atoms.